The van der Waals surface area contributed by atoms with Gasteiger partial charge in [-0.25, -0.2) is 0 Å². The largest absolute Gasteiger partial charge is 0.466 e. The van der Waals surface area contributed by atoms with Crippen LogP contribution in [0, 0.1) is 0 Å². The molecule has 0 spiro atoms. The van der Waals surface area contributed by atoms with Crippen LogP contribution in [0.2, 0.25) is 0 Å². The van der Waals surface area contributed by atoms with Crippen LogP contribution in [0.1, 0.15) is 25.3 Å². The fourth-order valence-electron chi connectivity index (χ4n) is 1.74. The van der Waals surface area contributed by atoms with E-state index in [4.69, 9.17) is 4.74 Å². The van der Waals surface area contributed by atoms with Crippen molar-refractivity contribution in [2.75, 3.05) is 6.61 Å². The maximum Gasteiger partial charge on any atom is 0.313 e. The van der Waals surface area contributed by atoms with E-state index in [9.17, 15) is 4.79 Å². The molecule has 16 heavy (non-hydrogen) atoms. The SMILES string of the molecule is CCOC(=O)C(C)c1ccc2[nH]ccc2c1. The van der Waals surface area contributed by atoms with E-state index in [0.29, 0.717) is 6.61 Å². The first-order valence-electron chi connectivity index (χ1n) is 5.46. The molecule has 0 aliphatic rings. The van der Waals surface area contributed by atoms with Crippen molar-refractivity contribution in [3.8, 4) is 0 Å². The number of hydrogen-bond donors (Lipinski definition) is 1. The fraction of sp³-hybridized carbons (Fsp3) is 0.308. The molecule has 0 fully saturated rings. The first kappa shape index (κ1) is 10.7. The third kappa shape index (κ3) is 1.94. The number of carbonyl (C=O) groups excluding carboxylic acids is 1. The lowest BCUT2D eigenvalue weighted by Gasteiger charge is -2.10. The van der Waals surface area contributed by atoms with Crippen LogP contribution in [-0.4, -0.2) is 17.6 Å². The number of nitrogens with one attached hydrogen (secondary N) is 1. The summed E-state index contributed by atoms with van der Waals surface area (Å²) < 4.78 is 5.00. The monoisotopic (exact) mass is 217 g/mol. The van der Waals surface area contributed by atoms with Crippen LogP contribution in [0.25, 0.3) is 10.9 Å². The molecule has 1 aromatic heterocycles. The third-order valence-corrected chi connectivity index (χ3v) is 2.72. The standard InChI is InChI=1S/C13H15NO2/c1-3-16-13(15)9(2)10-4-5-12-11(8-10)6-7-14-12/h4-9,14H,3H2,1-2H3. The van der Waals surface area contributed by atoms with Gasteiger partial charge in [0.2, 0.25) is 0 Å². The first-order chi connectivity index (χ1) is 7.72. The summed E-state index contributed by atoms with van der Waals surface area (Å²) in [4.78, 5) is 14.7. The lowest BCUT2D eigenvalue weighted by atomic mass is 10.00. The molecule has 1 atom stereocenters. The topological polar surface area (TPSA) is 42.1 Å². The van der Waals surface area contributed by atoms with Gasteiger partial charge in [0.25, 0.3) is 0 Å². The van der Waals surface area contributed by atoms with E-state index >= 15 is 0 Å². The number of benzene rings is 1. The second kappa shape index (κ2) is 4.39. The predicted octanol–water partition coefficient (Wildman–Crippen LogP) is 2.83. The molecule has 3 nitrogen and oxygen atoms in total. The van der Waals surface area contributed by atoms with Crippen molar-refractivity contribution in [1.82, 2.24) is 4.98 Å². The Morgan fingerprint density at radius 1 is 1.44 bits per heavy atom. The minimum Gasteiger partial charge on any atom is -0.466 e. The van der Waals surface area contributed by atoms with E-state index in [2.05, 4.69) is 4.98 Å². The highest BCUT2D eigenvalue weighted by atomic mass is 16.5. The van der Waals surface area contributed by atoms with Crippen LogP contribution < -0.4 is 0 Å². The number of aromatic nitrogens is 1. The number of ether oxygens (including phenoxy) is 1. The molecule has 0 radical (unpaired) electrons. The van der Waals surface area contributed by atoms with Crippen molar-refractivity contribution >= 4 is 16.9 Å². The molecule has 2 rings (SSSR count). The molecule has 0 bridgehead atoms. The zero-order chi connectivity index (χ0) is 11.5. The van der Waals surface area contributed by atoms with Crippen LogP contribution in [-0.2, 0) is 9.53 Å². The Balaban J connectivity index is 2.28. The summed E-state index contributed by atoms with van der Waals surface area (Å²) in [6, 6.07) is 7.96. The van der Waals surface area contributed by atoms with E-state index < -0.39 is 0 Å². The van der Waals surface area contributed by atoms with Gasteiger partial charge in [-0.1, -0.05) is 6.07 Å². The maximum atomic E-state index is 11.6. The van der Waals surface area contributed by atoms with Gasteiger partial charge in [-0.2, -0.15) is 0 Å². The van der Waals surface area contributed by atoms with E-state index in [-0.39, 0.29) is 11.9 Å². The highest BCUT2D eigenvalue weighted by Gasteiger charge is 2.16. The molecule has 1 N–H and O–H groups in total. The van der Waals surface area contributed by atoms with Gasteiger partial charge in [0, 0.05) is 11.7 Å². The number of aromatic amines is 1. The highest BCUT2D eigenvalue weighted by Crippen LogP contribution is 2.21. The number of fused-ring (bicyclic) bond motifs is 1. The molecular weight excluding hydrogens is 202 g/mol. The first-order valence-corrected chi connectivity index (χ1v) is 5.46. The number of rotatable bonds is 3. The average Bonchev–Trinajstić information content (AvgIpc) is 2.75. The van der Waals surface area contributed by atoms with Gasteiger partial charge in [0.05, 0.1) is 12.5 Å². The van der Waals surface area contributed by atoms with Crippen LogP contribution in [0.4, 0.5) is 0 Å². The van der Waals surface area contributed by atoms with Crippen molar-refractivity contribution in [2.45, 2.75) is 19.8 Å². The van der Waals surface area contributed by atoms with Crippen molar-refractivity contribution in [2.24, 2.45) is 0 Å². The molecule has 3 heteroatoms. The fourth-order valence-corrected chi connectivity index (χ4v) is 1.74. The Morgan fingerprint density at radius 2 is 2.25 bits per heavy atom. The zero-order valence-electron chi connectivity index (χ0n) is 9.49. The van der Waals surface area contributed by atoms with E-state index in [1.807, 2.05) is 44.3 Å². The molecular formula is C13H15NO2. The number of carbonyl (C=O) groups is 1. The molecule has 1 aromatic carbocycles. The Morgan fingerprint density at radius 3 is 3.00 bits per heavy atom. The van der Waals surface area contributed by atoms with Crippen LogP contribution in [0.3, 0.4) is 0 Å². The molecule has 0 aliphatic heterocycles. The smallest absolute Gasteiger partial charge is 0.313 e. The second-order valence-electron chi connectivity index (χ2n) is 3.80. The van der Waals surface area contributed by atoms with Gasteiger partial charge in [-0.3, -0.25) is 4.79 Å². The molecule has 0 amide bonds. The average molecular weight is 217 g/mol. The zero-order valence-corrected chi connectivity index (χ0v) is 9.49. The van der Waals surface area contributed by atoms with Gasteiger partial charge in [-0.15, -0.1) is 0 Å². The maximum absolute atomic E-state index is 11.6. The summed E-state index contributed by atoms with van der Waals surface area (Å²) >= 11 is 0. The summed E-state index contributed by atoms with van der Waals surface area (Å²) in [6.07, 6.45) is 1.89. The summed E-state index contributed by atoms with van der Waals surface area (Å²) in [7, 11) is 0. The Bertz CT molecular complexity index is 501. The molecule has 0 saturated heterocycles. The summed E-state index contributed by atoms with van der Waals surface area (Å²) in [5.41, 5.74) is 2.07. The molecule has 2 aromatic rings. The minimum absolute atomic E-state index is 0.169. The van der Waals surface area contributed by atoms with Gasteiger partial charge in [0.1, 0.15) is 0 Å². The molecule has 84 valence electrons. The Hall–Kier alpha value is -1.77. The van der Waals surface area contributed by atoms with Crippen molar-refractivity contribution in [3.63, 3.8) is 0 Å². The van der Waals surface area contributed by atoms with Crippen LogP contribution in [0.15, 0.2) is 30.5 Å². The Labute approximate surface area is 94.4 Å². The predicted molar refractivity (Wildman–Crippen MR) is 63.3 cm³/mol. The lowest BCUT2D eigenvalue weighted by molar-refractivity contribution is -0.144. The van der Waals surface area contributed by atoms with Crippen molar-refractivity contribution in [1.29, 1.82) is 0 Å². The summed E-state index contributed by atoms with van der Waals surface area (Å²) in [5.74, 6) is -0.378. The van der Waals surface area contributed by atoms with Crippen LogP contribution in [0.5, 0.6) is 0 Å². The highest BCUT2D eigenvalue weighted by molar-refractivity contribution is 5.83. The van der Waals surface area contributed by atoms with E-state index in [0.717, 1.165) is 16.5 Å². The van der Waals surface area contributed by atoms with Gasteiger partial charge >= 0.3 is 5.97 Å². The molecule has 1 unspecified atom stereocenters. The Kier molecular flexibility index (Phi) is 2.95. The quantitative estimate of drug-likeness (QED) is 0.803. The van der Waals surface area contributed by atoms with Crippen LogP contribution >= 0.6 is 0 Å². The van der Waals surface area contributed by atoms with Crippen molar-refractivity contribution in [3.05, 3.63) is 36.0 Å². The molecule has 0 aliphatic carbocycles. The summed E-state index contributed by atoms with van der Waals surface area (Å²) in [5, 5.41) is 1.12. The molecule has 1 heterocycles. The minimum atomic E-state index is -0.209. The lowest BCUT2D eigenvalue weighted by Crippen LogP contribution is -2.12. The van der Waals surface area contributed by atoms with Gasteiger partial charge in [0.15, 0.2) is 0 Å². The van der Waals surface area contributed by atoms with Crippen molar-refractivity contribution < 1.29 is 9.53 Å². The number of hydrogen-bond acceptors (Lipinski definition) is 2. The van der Waals surface area contributed by atoms with Gasteiger partial charge < -0.3 is 9.72 Å². The number of H-pyrrole nitrogens is 1. The van der Waals surface area contributed by atoms with E-state index in [1.165, 1.54) is 0 Å². The van der Waals surface area contributed by atoms with E-state index in [1.54, 1.807) is 0 Å². The number of esters is 1. The summed E-state index contributed by atoms with van der Waals surface area (Å²) in [6.45, 7) is 4.11. The van der Waals surface area contributed by atoms with Gasteiger partial charge in [-0.05, 0) is 43.0 Å². The second-order valence-corrected chi connectivity index (χ2v) is 3.80. The normalized spacial score (nSPS) is 12.6. The molecule has 0 saturated carbocycles. The third-order valence-electron chi connectivity index (χ3n) is 2.72.